The molecule has 1 aromatic rings. The molecule has 1 aliphatic heterocycles. The number of nitrogens with zero attached hydrogens (tertiary/aromatic N) is 1. The second kappa shape index (κ2) is 4.61. The van der Waals surface area contributed by atoms with Gasteiger partial charge in [-0.05, 0) is 34.5 Å². The van der Waals surface area contributed by atoms with Crippen LogP contribution in [0, 0.1) is 11.7 Å². The maximum absolute atomic E-state index is 13.8. The Balaban J connectivity index is 2.51. The summed E-state index contributed by atoms with van der Waals surface area (Å²) in [5.74, 6) is -0.327. The van der Waals surface area contributed by atoms with Crippen LogP contribution in [0.3, 0.4) is 0 Å². The molecule has 1 amide bonds. The molecule has 0 bridgehead atoms. The SMILES string of the molecule is CC1CC=C(c2c(F)cccc2Br)N(C)C1=O. The van der Waals surface area contributed by atoms with E-state index in [1.807, 2.05) is 13.0 Å². The van der Waals surface area contributed by atoms with Crippen LogP contribution in [0.5, 0.6) is 0 Å². The first-order valence-electron chi connectivity index (χ1n) is 5.44. The summed E-state index contributed by atoms with van der Waals surface area (Å²) >= 11 is 3.33. The molecule has 0 aliphatic carbocycles. The Bertz CT molecular complexity index is 478. The Hall–Kier alpha value is -1.16. The van der Waals surface area contributed by atoms with Crippen LogP contribution in [0.4, 0.5) is 4.39 Å². The van der Waals surface area contributed by atoms with Crippen molar-refractivity contribution in [1.29, 1.82) is 0 Å². The summed E-state index contributed by atoms with van der Waals surface area (Å²) in [5, 5.41) is 0. The van der Waals surface area contributed by atoms with Crippen molar-refractivity contribution in [3.8, 4) is 0 Å². The fourth-order valence-corrected chi connectivity index (χ4v) is 2.53. The van der Waals surface area contributed by atoms with Gasteiger partial charge in [-0.3, -0.25) is 4.79 Å². The van der Waals surface area contributed by atoms with Crippen LogP contribution in [-0.2, 0) is 4.79 Å². The highest BCUT2D eigenvalue weighted by Crippen LogP contribution is 2.33. The maximum atomic E-state index is 13.8. The first-order valence-corrected chi connectivity index (χ1v) is 6.23. The predicted molar refractivity (Wildman–Crippen MR) is 68.6 cm³/mol. The topological polar surface area (TPSA) is 20.3 Å². The summed E-state index contributed by atoms with van der Waals surface area (Å²) in [6.45, 7) is 1.88. The molecule has 4 heteroatoms. The van der Waals surface area contributed by atoms with Crippen LogP contribution >= 0.6 is 15.9 Å². The van der Waals surface area contributed by atoms with E-state index in [1.165, 1.54) is 11.0 Å². The van der Waals surface area contributed by atoms with Crippen LogP contribution in [0.2, 0.25) is 0 Å². The number of allylic oxidation sites excluding steroid dienone is 1. The highest BCUT2D eigenvalue weighted by atomic mass is 79.9. The summed E-state index contributed by atoms with van der Waals surface area (Å²) in [6, 6.07) is 4.81. The summed E-state index contributed by atoms with van der Waals surface area (Å²) in [4.78, 5) is 13.4. The number of benzene rings is 1. The van der Waals surface area contributed by atoms with Gasteiger partial charge in [-0.2, -0.15) is 0 Å². The lowest BCUT2D eigenvalue weighted by molar-refractivity contribution is -0.131. The largest absolute Gasteiger partial charge is 0.315 e. The van der Waals surface area contributed by atoms with Crippen LogP contribution in [0.1, 0.15) is 18.9 Å². The van der Waals surface area contributed by atoms with Crippen molar-refractivity contribution in [3.05, 3.63) is 40.1 Å². The van der Waals surface area contributed by atoms with E-state index in [9.17, 15) is 9.18 Å². The molecule has 1 aromatic carbocycles. The van der Waals surface area contributed by atoms with Gasteiger partial charge in [0.25, 0.3) is 0 Å². The van der Waals surface area contributed by atoms with Crippen LogP contribution < -0.4 is 0 Å². The molecule has 17 heavy (non-hydrogen) atoms. The Morgan fingerprint density at radius 2 is 2.18 bits per heavy atom. The predicted octanol–water partition coefficient (Wildman–Crippen LogP) is 3.43. The van der Waals surface area contributed by atoms with Crippen molar-refractivity contribution in [1.82, 2.24) is 4.90 Å². The number of rotatable bonds is 1. The van der Waals surface area contributed by atoms with Crippen LogP contribution in [-0.4, -0.2) is 17.9 Å². The Kier molecular flexibility index (Phi) is 3.33. The van der Waals surface area contributed by atoms with E-state index < -0.39 is 0 Å². The lowest BCUT2D eigenvalue weighted by atomic mass is 9.97. The van der Waals surface area contributed by atoms with E-state index in [0.717, 1.165) is 0 Å². The summed E-state index contributed by atoms with van der Waals surface area (Å²) < 4.78 is 14.5. The molecule has 0 fully saturated rings. The lowest BCUT2D eigenvalue weighted by Crippen LogP contribution is -2.33. The number of hydrogen-bond donors (Lipinski definition) is 0. The van der Waals surface area contributed by atoms with Gasteiger partial charge >= 0.3 is 0 Å². The average Bonchev–Trinajstić information content (AvgIpc) is 2.29. The molecule has 1 heterocycles. The van der Waals surface area contributed by atoms with Crippen molar-refractivity contribution in [2.45, 2.75) is 13.3 Å². The quantitative estimate of drug-likeness (QED) is 0.778. The van der Waals surface area contributed by atoms with E-state index >= 15 is 0 Å². The Morgan fingerprint density at radius 1 is 1.47 bits per heavy atom. The van der Waals surface area contributed by atoms with Gasteiger partial charge in [-0.15, -0.1) is 0 Å². The molecule has 1 aliphatic rings. The smallest absolute Gasteiger partial charge is 0.229 e. The number of amides is 1. The molecule has 2 rings (SSSR count). The molecule has 0 saturated carbocycles. The van der Waals surface area contributed by atoms with Crippen LogP contribution in [0.15, 0.2) is 28.7 Å². The van der Waals surface area contributed by atoms with Gasteiger partial charge in [0.2, 0.25) is 5.91 Å². The lowest BCUT2D eigenvalue weighted by Gasteiger charge is -2.29. The summed E-state index contributed by atoms with van der Waals surface area (Å²) in [7, 11) is 1.68. The van der Waals surface area contributed by atoms with E-state index in [-0.39, 0.29) is 17.6 Å². The molecule has 0 saturated heterocycles. The monoisotopic (exact) mass is 297 g/mol. The first kappa shape index (κ1) is 12.3. The second-order valence-corrected chi connectivity index (χ2v) is 5.07. The summed E-state index contributed by atoms with van der Waals surface area (Å²) in [5.41, 5.74) is 1.09. The molecular formula is C13H13BrFNO. The standard InChI is InChI=1S/C13H13BrFNO/c1-8-6-7-11(16(2)13(8)17)12-9(14)4-3-5-10(12)15/h3-5,7-8H,6H2,1-2H3. The fourth-order valence-electron chi connectivity index (χ4n) is 1.99. The van der Waals surface area contributed by atoms with Crippen molar-refractivity contribution in [2.24, 2.45) is 5.92 Å². The fraction of sp³-hybridized carbons (Fsp3) is 0.308. The number of carbonyl (C=O) groups is 1. The third-order valence-corrected chi connectivity index (χ3v) is 3.66. The molecular weight excluding hydrogens is 285 g/mol. The molecule has 0 radical (unpaired) electrons. The minimum absolute atomic E-state index is 0.0256. The van der Waals surface area contributed by atoms with Crippen molar-refractivity contribution >= 4 is 27.5 Å². The third kappa shape index (κ3) is 2.14. The molecule has 0 N–H and O–H groups in total. The molecule has 1 atom stereocenters. The Morgan fingerprint density at radius 3 is 2.82 bits per heavy atom. The number of halogens is 2. The Labute approximate surface area is 108 Å². The second-order valence-electron chi connectivity index (χ2n) is 4.22. The molecule has 0 spiro atoms. The van der Waals surface area contributed by atoms with Gasteiger partial charge in [0.15, 0.2) is 0 Å². The maximum Gasteiger partial charge on any atom is 0.229 e. The highest BCUT2D eigenvalue weighted by molar-refractivity contribution is 9.10. The zero-order chi connectivity index (χ0) is 12.6. The van der Waals surface area contributed by atoms with E-state index in [2.05, 4.69) is 15.9 Å². The zero-order valence-electron chi connectivity index (χ0n) is 9.71. The highest BCUT2D eigenvalue weighted by Gasteiger charge is 2.27. The van der Waals surface area contributed by atoms with E-state index in [0.29, 0.717) is 22.2 Å². The van der Waals surface area contributed by atoms with Crippen LogP contribution in [0.25, 0.3) is 5.70 Å². The van der Waals surface area contributed by atoms with Gasteiger partial charge in [0, 0.05) is 23.0 Å². The van der Waals surface area contributed by atoms with Crippen molar-refractivity contribution < 1.29 is 9.18 Å². The van der Waals surface area contributed by atoms with Gasteiger partial charge < -0.3 is 4.90 Å². The zero-order valence-corrected chi connectivity index (χ0v) is 11.3. The van der Waals surface area contributed by atoms with Gasteiger partial charge in [0.05, 0.1) is 5.70 Å². The van der Waals surface area contributed by atoms with Gasteiger partial charge in [-0.25, -0.2) is 4.39 Å². The molecule has 0 aromatic heterocycles. The number of carbonyl (C=O) groups excluding carboxylic acids is 1. The van der Waals surface area contributed by atoms with E-state index in [1.54, 1.807) is 19.2 Å². The third-order valence-electron chi connectivity index (χ3n) is 3.00. The normalized spacial score (nSPS) is 20.5. The molecule has 1 unspecified atom stereocenters. The van der Waals surface area contributed by atoms with Crippen molar-refractivity contribution in [3.63, 3.8) is 0 Å². The van der Waals surface area contributed by atoms with Gasteiger partial charge in [-0.1, -0.05) is 19.1 Å². The minimum atomic E-state index is -0.320. The summed E-state index contributed by atoms with van der Waals surface area (Å²) in [6.07, 6.45) is 2.56. The van der Waals surface area contributed by atoms with Gasteiger partial charge in [0.1, 0.15) is 5.82 Å². The van der Waals surface area contributed by atoms with Crippen molar-refractivity contribution in [2.75, 3.05) is 7.05 Å². The minimum Gasteiger partial charge on any atom is -0.315 e. The first-order chi connectivity index (χ1) is 8.02. The average molecular weight is 298 g/mol. The van der Waals surface area contributed by atoms with E-state index in [4.69, 9.17) is 0 Å². The molecule has 2 nitrogen and oxygen atoms in total. The number of hydrogen-bond acceptors (Lipinski definition) is 1. The molecule has 90 valence electrons.